The average Bonchev–Trinajstić information content (AvgIpc) is 2.66. The Morgan fingerprint density at radius 2 is 1.87 bits per heavy atom. The summed E-state index contributed by atoms with van der Waals surface area (Å²) >= 11 is 0. The topological polar surface area (TPSA) is 15.3 Å². The van der Waals surface area contributed by atoms with Gasteiger partial charge in [-0.1, -0.05) is 64.3 Å². The van der Waals surface area contributed by atoms with Crippen LogP contribution in [0.4, 0.5) is 0 Å². The molecule has 1 unspecified atom stereocenters. The Hall–Kier alpha value is -2.40. The number of nitrogens with one attached hydrogen (secondary N) is 1. The second kappa shape index (κ2) is 12.5. The van der Waals surface area contributed by atoms with Crippen LogP contribution in [0.15, 0.2) is 71.8 Å². The van der Waals surface area contributed by atoms with Crippen LogP contribution in [0.25, 0.3) is 0 Å². The van der Waals surface area contributed by atoms with Crippen molar-refractivity contribution >= 4 is 0 Å². The highest BCUT2D eigenvalue weighted by Crippen LogP contribution is 2.35. The fraction of sp³-hybridized carbons (Fsp3) is 0.517. The molecule has 1 saturated heterocycles. The van der Waals surface area contributed by atoms with E-state index in [2.05, 4.69) is 62.2 Å². The van der Waals surface area contributed by atoms with E-state index in [1.165, 1.54) is 43.4 Å². The van der Waals surface area contributed by atoms with E-state index in [9.17, 15) is 0 Å². The predicted molar refractivity (Wildman–Crippen MR) is 136 cm³/mol. The molecule has 2 heteroatoms. The summed E-state index contributed by atoms with van der Waals surface area (Å²) in [5.74, 6) is 4.98. The van der Waals surface area contributed by atoms with E-state index in [0.717, 1.165) is 48.3 Å². The zero-order valence-corrected chi connectivity index (χ0v) is 20.2. The van der Waals surface area contributed by atoms with Gasteiger partial charge in [0.25, 0.3) is 0 Å². The van der Waals surface area contributed by atoms with E-state index < -0.39 is 0 Å². The standard InChI is InChI=1S/C29H42N2/c1-8-12-26(9-2)17-23(5)30-24(6)18-29(19-25(7)31-20-22(4)21-31)28(10-3)16-15-27-13-11-14-27/h2,8,12,17-19,22,27-28,30H,5-6,10-11,13-16,20-21H2,1,3-4,7H3/b12-8-,25-19+,26-17-,29-18+. The molecule has 1 aliphatic heterocycles. The lowest BCUT2D eigenvalue weighted by molar-refractivity contribution is 0.158. The van der Waals surface area contributed by atoms with E-state index in [0.29, 0.717) is 5.92 Å². The lowest BCUT2D eigenvalue weighted by Crippen LogP contribution is -2.43. The molecule has 1 heterocycles. The van der Waals surface area contributed by atoms with Gasteiger partial charge in [-0.3, -0.25) is 0 Å². The molecule has 2 rings (SSSR count). The lowest BCUT2D eigenvalue weighted by Gasteiger charge is -2.40. The normalized spacial score (nSPS) is 19.6. The van der Waals surface area contributed by atoms with Gasteiger partial charge in [0.2, 0.25) is 0 Å². The molecule has 31 heavy (non-hydrogen) atoms. The smallest absolute Gasteiger partial charge is 0.0323 e. The van der Waals surface area contributed by atoms with Crippen LogP contribution >= 0.6 is 0 Å². The van der Waals surface area contributed by atoms with Crippen molar-refractivity contribution in [2.24, 2.45) is 17.8 Å². The zero-order chi connectivity index (χ0) is 22.8. The van der Waals surface area contributed by atoms with E-state index in [1.54, 1.807) is 0 Å². The summed E-state index contributed by atoms with van der Waals surface area (Å²) in [5, 5.41) is 3.32. The first-order valence-electron chi connectivity index (χ1n) is 12.0. The Balaban J connectivity index is 2.15. The molecule has 1 saturated carbocycles. The van der Waals surface area contributed by atoms with Gasteiger partial charge in [-0.05, 0) is 74.7 Å². The predicted octanol–water partition coefficient (Wildman–Crippen LogP) is 7.13. The van der Waals surface area contributed by atoms with E-state index >= 15 is 0 Å². The number of nitrogens with zero attached hydrogens (tertiary/aromatic N) is 1. The number of rotatable bonds is 12. The van der Waals surface area contributed by atoms with Crippen molar-refractivity contribution in [3.63, 3.8) is 0 Å². The summed E-state index contributed by atoms with van der Waals surface area (Å²) < 4.78 is 0. The Morgan fingerprint density at radius 1 is 1.19 bits per heavy atom. The van der Waals surface area contributed by atoms with Crippen molar-refractivity contribution in [3.8, 4) is 12.3 Å². The van der Waals surface area contributed by atoms with Gasteiger partial charge in [0, 0.05) is 35.8 Å². The van der Waals surface area contributed by atoms with E-state index in [4.69, 9.17) is 6.42 Å². The molecule has 0 spiro atoms. The Morgan fingerprint density at radius 3 is 2.39 bits per heavy atom. The summed E-state index contributed by atoms with van der Waals surface area (Å²) in [4.78, 5) is 2.48. The first kappa shape index (κ1) is 24.9. The van der Waals surface area contributed by atoms with Gasteiger partial charge in [-0.15, -0.1) is 6.42 Å². The van der Waals surface area contributed by atoms with Crippen LogP contribution in [0.1, 0.15) is 66.2 Å². The number of likely N-dealkylation sites (tertiary alicyclic amines) is 1. The van der Waals surface area contributed by atoms with Gasteiger partial charge in [0.1, 0.15) is 0 Å². The second-order valence-corrected chi connectivity index (χ2v) is 9.34. The molecule has 2 aliphatic rings. The van der Waals surface area contributed by atoms with Crippen LogP contribution in [0.5, 0.6) is 0 Å². The van der Waals surface area contributed by atoms with Crippen LogP contribution in [0, 0.1) is 30.1 Å². The molecule has 2 fully saturated rings. The lowest BCUT2D eigenvalue weighted by atomic mass is 9.78. The van der Waals surface area contributed by atoms with Crippen molar-refractivity contribution in [2.45, 2.75) is 66.2 Å². The monoisotopic (exact) mass is 418 g/mol. The summed E-state index contributed by atoms with van der Waals surface area (Å²) in [6.07, 6.45) is 23.9. The molecular weight excluding hydrogens is 376 g/mol. The number of hydrogen-bond donors (Lipinski definition) is 1. The first-order chi connectivity index (χ1) is 14.9. The van der Waals surface area contributed by atoms with Crippen LogP contribution in [0.3, 0.4) is 0 Å². The molecule has 1 aliphatic carbocycles. The van der Waals surface area contributed by atoms with Gasteiger partial charge in [0.05, 0.1) is 0 Å². The number of hydrogen-bond acceptors (Lipinski definition) is 2. The van der Waals surface area contributed by atoms with Crippen molar-refractivity contribution in [2.75, 3.05) is 13.1 Å². The van der Waals surface area contributed by atoms with Gasteiger partial charge >= 0.3 is 0 Å². The molecule has 168 valence electrons. The molecule has 1 N–H and O–H groups in total. The van der Waals surface area contributed by atoms with Gasteiger partial charge < -0.3 is 10.2 Å². The van der Waals surface area contributed by atoms with Crippen LogP contribution < -0.4 is 5.32 Å². The summed E-state index contributed by atoms with van der Waals surface area (Å²) in [5.41, 5.74) is 5.15. The molecule has 0 bridgehead atoms. The summed E-state index contributed by atoms with van der Waals surface area (Å²) in [6, 6.07) is 0. The van der Waals surface area contributed by atoms with Crippen LogP contribution in [-0.4, -0.2) is 18.0 Å². The second-order valence-electron chi connectivity index (χ2n) is 9.34. The molecular formula is C29H42N2. The minimum Gasteiger partial charge on any atom is -0.374 e. The highest BCUT2D eigenvalue weighted by atomic mass is 15.2. The van der Waals surface area contributed by atoms with Crippen molar-refractivity contribution in [1.82, 2.24) is 10.2 Å². The van der Waals surface area contributed by atoms with Crippen LogP contribution in [0.2, 0.25) is 0 Å². The van der Waals surface area contributed by atoms with Gasteiger partial charge in [0.15, 0.2) is 0 Å². The third-order valence-electron chi connectivity index (χ3n) is 6.56. The van der Waals surface area contributed by atoms with Crippen molar-refractivity contribution < 1.29 is 0 Å². The molecule has 0 radical (unpaired) electrons. The Bertz CT molecular complexity index is 789. The number of allylic oxidation sites excluding steroid dienone is 8. The average molecular weight is 419 g/mol. The minimum atomic E-state index is 0.556. The van der Waals surface area contributed by atoms with Crippen molar-refractivity contribution in [1.29, 1.82) is 0 Å². The Labute approximate surface area is 191 Å². The molecule has 0 aromatic heterocycles. The quantitative estimate of drug-likeness (QED) is 0.268. The van der Waals surface area contributed by atoms with Gasteiger partial charge in [-0.25, -0.2) is 0 Å². The molecule has 0 aromatic carbocycles. The van der Waals surface area contributed by atoms with Crippen LogP contribution in [-0.2, 0) is 0 Å². The largest absolute Gasteiger partial charge is 0.374 e. The SMILES string of the molecule is C#CC(/C=C\C)=C/C(=C)NC(=C)/C=C(\C=C(/C)N1CC(C)C1)C(CC)CCC1CCC1. The highest BCUT2D eigenvalue weighted by molar-refractivity contribution is 5.42. The molecule has 1 atom stereocenters. The minimum absolute atomic E-state index is 0.556. The fourth-order valence-corrected chi connectivity index (χ4v) is 4.41. The molecule has 0 amide bonds. The molecule has 0 aromatic rings. The third kappa shape index (κ3) is 7.98. The maximum absolute atomic E-state index is 5.58. The van der Waals surface area contributed by atoms with Crippen molar-refractivity contribution in [3.05, 3.63) is 71.8 Å². The van der Waals surface area contributed by atoms with E-state index in [1.807, 2.05) is 25.2 Å². The maximum atomic E-state index is 5.58. The molecule has 2 nitrogen and oxygen atoms in total. The highest BCUT2D eigenvalue weighted by Gasteiger charge is 2.24. The summed E-state index contributed by atoms with van der Waals surface area (Å²) in [6.45, 7) is 19.5. The maximum Gasteiger partial charge on any atom is 0.0323 e. The number of terminal acetylenes is 1. The summed E-state index contributed by atoms with van der Waals surface area (Å²) in [7, 11) is 0. The van der Waals surface area contributed by atoms with E-state index in [-0.39, 0.29) is 0 Å². The van der Waals surface area contributed by atoms with Gasteiger partial charge in [-0.2, -0.15) is 0 Å². The zero-order valence-electron chi connectivity index (χ0n) is 20.2. The fourth-order valence-electron chi connectivity index (χ4n) is 4.41. The Kier molecular flexibility index (Phi) is 9.99. The third-order valence-corrected chi connectivity index (χ3v) is 6.56. The first-order valence-corrected chi connectivity index (χ1v) is 12.0.